The number of carbonyl (C=O) groups excluding carboxylic acids is 2. The lowest BCUT2D eigenvalue weighted by molar-refractivity contribution is -0.142. The SMILES string of the molecule is O=C(O)[C@H](Cc1c[nH]c2ccccc12)NC(=O)[C@@H]1CC[C@@H](C(=O)N[C@@H](Cc2c[nH]c3ccccc23)C(=O)O)N1c1ccncc1. The maximum absolute atomic E-state index is 13.7. The highest BCUT2D eigenvalue weighted by molar-refractivity contribution is 5.96. The van der Waals surface area contributed by atoms with E-state index in [1.54, 1.807) is 29.4 Å². The third-order valence-corrected chi connectivity index (χ3v) is 8.38. The second-order valence-electron chi connectivity index (χ2n) is 11.1. The standard InChI is InChI=1S/C33H32N6O6/c40-30(37-26(32(42)43)15-19-17-35-24-7-3-1-5-22(19)24)28-9-10-29(39(28)21-11-13-34-14-12-21)31(41)38-27(33(44)45)16-20-18-36-25-8-4-2-6-23(20)25/h1-8,11-14,17-18,26-29,35-36H,9-10,15-16H2,(H,37,40)(H,38,41)(H,42,43)(H,44,45)/t26-,27-,28-,29-/m0/s1. The minimum atomic E-state index is -1.21. The molecule has 12 heteroatoms. The van der Waals surface area contributed by atoms with Gasteiger partial charge in [0, 0.05) is 65.1 Å². The Morgan fingerprint density at radius 2 is 1.18 bits per heavy atom. The van der Waals surface area contributed by atoms with Crippen LogP contribution in [0.5, 0.6) is 0 Å². The summed E-state index contributed by atoms with van der Waals surface area (Å²) in [6.07, 6.45) is 7.17. The van der Waals surface area contributed by atoms with Crippen LogP contribution in [0.3, 0.4) is 0 Å². The number of hydrogen-bond donors (Lipinski definition) is 6. The minimum Gasteiger partial charge on any atom is -0.480 e. The quantitative estimate of drug-likeness (QED) is 0.132. The van der Waals surface area contributed by atoms with Gasteiger partial charge in [-0.15, -0.1) is 0 Å². The smallest absolute Gasteiger partial charge is 0.326 e. The number of benzene rings is 2. The van der Waals surface area contributed by atoms with Crippen molar-refractivity contribution < 1.29 is 29.4 Å². The van der Waals surface area contributed by atoms with E-state index in [1.165, 1.54) is 12.4 Å². The molecule has 4 heterocycles. The minimum absolute atomic E-state index is 0.0606. The highest BCUT2D eigenvalue weighted by Crippen LogP contribution is 2.31. The zero-order chi connectivity index (χ0) is 31.5. The number of carboxylic acid groups (broad SMARTS) is 2. The average molecular weight is 609 g/mol. The maximum atomic E-state index is 13.7. The molecule has 1 saturated heterocycles. The summed E-state index contributed by atoms with van der Waals surface area (Å²) < 4.78 is 0. The van der Waals surface area contributed by atoms with E-state index in [-0.39, 0.29) is 25.7 Å². The average Bonchev–Trinajstić information content (AvgIpc) is 3.78. The number of amides is 2. The van der Waals surface area contributed by atoms with Crippen LogP contribution in [0.2, 0.25) is 0 Å². The van der Waals surface area contributed by atoms with E-state index in [4.69, 9.17) is 0 Å². The van der Waals surface area contributed by atoms with Gasteiger partial charge in [-0.3, -0.25) is 14.6 Å². The number of aromatic amines is 2. The third kappa shape index (κ3) is 6.07. The number of carbonyl (C=O) groups is 4. The van der Waals surface area contributed by atoms with Gasteiger partial charge in [-0.2, -0.15) is 0 Å². The van der Waals surface area contributed by atoms with Crippen LogP contribution in [0.4, 0.5) is 5.69 Å². The summed E-state index contributed by atoms with van der Waals surface area (Å²) in [4.78, 5) is 63.9. The van der Waals surface area contributed by atoms with Crippen LogP contribution >= 0.6 is 0 Å². The Balaban J connectivity index is 1.21. The van der Waals surface area contributed by atoms with E-state index in [0.717, 1.165) is 32.9 Å². The van der Waals surface area contributed by atoms with Crippen LogP contribution in [0.15, 0.2) is 85.5 Å². The summed E-state index contributed by atoms with van der Waals surface area (Å²) in [5.41, 5.74) is 3.77. The Morgan fingerprint density at radius 1 is 0.733 bits per heavy atom. The van der Waals surface area contributed by atoms with Crippen LogP contribution in [0.25, 0.3) is 21.8 Å². The molecule has 0 aliphatic carbocycles. The lowest BCUT2D eigenvalue weighted by atomic mass is 10.0. The molecule has 0 bridgehead atoms. The fraction of sp³-hybridized carbons (Fsp3) is 0.242. The molecule has 0 unspecified atom stereocenters. The monoisotopic (exact) mass is 608 g/mol. The van der Waals surface area contributed by atoms with Crippen molar-refractivity contribution in [2.75, 3.05) is 4.90 Å². The molecule has 6 N–H and O–H groups in total. The molecule has 2 aromatic carbocycles. The van der Waals surface area contributed by atoms with Crippen molar-refractivity contribution in [1.29, 1.82) is 0 Å². The molecule has 1 aliphatic heterocycles. The van der Waals surface area contributed by atoms with E-state index in [9.17, 15) is 29.4 Å². The van der Waals surface area contributed by atoms with Gasteiger partial charge in [0.05, 0.1) is 0 Å². The van der Waals surface area contributed by atoms with Gasteiger partial charge in [-0.1, -0.05) is 36.4 Å². The molecule has 1 aliphatic rings. The molecule has 2 amide bonds. The first-order valence-corrected chi connectivity index (χ1v) is 14.6. The highest BCUT2D eigenvalue weighted by atomic mass is 16.4. The van der Waals surface area contributed by atoms with Gasteiger partial charge in [-0.25, -0.2) is 9.59 Å². The summed E-state index contributed by atoms with van der Waals surface area (Å²) in [6, 6.07) is 14.2. The second kappa shape index (κ2) is 12.5. The number of nitrogens with one attached hydrogen (secondary N) is 4. The largest absolute Gasteiger partial charge is 0.480 e. The number of para-hydroxylation sites is 2. The molecular weight excluding hydrogens is 576 g/mol. The van der Waals surface area contributed by atoms with Gasteiger partial charge < -0.3 is 35.7 Å². The topological polar surface area (TPSA) is 181 Å². The van der Waals surface area contributed by atoms with Crippen molar-refractivity contribution in [3.8, 4) is 0 Å². The Bertz CT molecular complexity index is 1750. The molecule has 0 radical (unpaired) electrons. The predicted molar refractivity (Wildman–Crippen MR) is 167 cm³/mol. The summed E-state index contributed by atoms with van der Waals surface area (Å²) in [6.45, 7) is 0. The van der Waals surface area contributed by atoms with E-state index in [0.29, 0.717) is 5.69 Å². The highest BCUT2D eigenvalue weighted by Gasteiger charge is 2.43. The molecule has 4 atom stereocenters. The summed E-state index contributed by atoms with van der Waals surface area (Å²) in [5.74, 6) is -3.44. The van der Waals surface area contributed by atoms with Crippen LogP contribution in [-0.4, -0.2) is 73.1 Å². The van der Waals surface area contributed by atoms with E-state index < -0.39 is 47.9 Å². The van der Waals surface area contributed by atoms with Gasteiger partial charge in [0.2, 0.25) is 11.8 Å². The molecule has 0 saturated carbocycles. The number of fused-ring (bicyclic) bond motifs is 2. The van der Waals surface area contributed by atoms with Crippen molar-refractivity contribution in [2.24, 2.45) is 0 Å². The summed E-state index contributed by atoms with van der Waals surface area (Å²) in [7, 11) is 0. The zero-order valence-electron chi connectivity index (χ0n) is 24.1. The van der Waals surface area contributed by atoms with Crippen LogP contribution in [-0.2, 0) is 32.0 Å². The van der Waals surface area contributed by atoms with Crippen LogP contribution < -0.4 is 15.5 Å². The van der Waals surface area contributed by atoms with Crippen LogP contribution in [0, 0.1) is 0 Å². The van der Waals surface area contributed by atoms with Crippen molar-refractivity contribution in [2.45, 2.75) is 49.9 Å². The molecule has 3 aromatic heterocycles. The molecule has 6 rings (SSSR count). The van der Waals surface area contributed by atoms with Gasteiger partial charge in [0.1, 0.15) is 24.2 Å². The number of anilines is 1. The Morgan fingerprint density at radius 3 is 1.62 bits per heavy atom. The fourth-order valence-corrected chi connectivity index (χ4v) is 6.18. The molecule has 230 valence electrons. The Hall–Kier alpha value is -5.65. The number of nitrogens with zero attached hydrogens (tertiary/aromatic N) is 2. The summed E-state index contributed by atoms with van der Waals surface area (Å²) in [5, 5.41) is 27.1. The van der Waals surface area contributed by atoms with E-state index in [1.807, 2.05) is 48.5 Å². The molecule has 45 heavy (non-hydrogen) atoms. The van der Waals surface area contributed by atoms with Crippen LogP contribution in [0.1, 0.15) is 24.0 Å². The number of pyridine rings is 1. The van der Waals surface area contributed by atoms with Crippen molar-refractivity contribution in [3.63, 3.8) is 0 Å². The first kappa shape index (κ1) is 29.4. The first-order chi connectivity index (χ1) is 21.8. The number of aliphatic carboxylic acids is 2. The summed E-state index contributed by atoms with van der Waals surface area (Å²) >= 11 is 0. The third-order valence-electron chi connectivity index (χ3n) is 8.38. The lowest BCUT2D eigenvalue weighted by Crippen LogP contribution is -2.55. The lowest BCUT2D eigenvalue weighted by Gasteiger charge is -2.32. The Labute approximate surface area is 257 Å². The number of H-pyrrole nitrogens is 2. The maximum Gasteiger partial charge on any atom is 0.326 e. The Kier molecular flexibility index (Phi) is 8.19. The van der Waals surface area contributed by atoms with Gasteiger partial charge >= 0.3 is 11.9 Å². The molecular formula is C33H32N6O6. The number of carboxylic acids is 2. The number of rotatable bonds is 11. The first-order valence-electron chi connectivity index (χ1n) is 14.6. The van der Waals surface area contributed by atoms with Crippen molar-refractivity contribution in [3.05, 3.63) is 96.6 Å². The molecule has 0 spiro atoms. The molecule has 1 fully saturated rings. The van der Waals surface area contributed by atoms with Gasteiger partial charge in [0.15, 0.2) is 0 Å². The van der Waals surface area contributed by atoms with Gasteiger partial charge in [-0.05, 0) is 48.2 Å². The molecule has 12 nitrogen and oxygen atoms in total. The zero-order valence-corrected chi connectivity index (χ0v) is 24.1. The van der Waals surface area contributed by atoms with Crippen molar-refractivity contribution in [1.82, 2.24) is 25.6 Å². The molecule has 5 aromatic rings. The van der Waals surface area contributed by atoms with Gasteiger partial charge in [0.25, 0.3) is 0 Å². The normalized spacial score (nSPS) is 17.6. The number of hydrogen-bond acceptors (Lipinski definition) is 6. The predicted octanol–water partition coefficient (Wildman–Crippen LogP) is 3.01. The fourth-order valence-electron chi connectivity index (χ4n) is 6.18. The van der Waals surface area contributed by atoms with E-state index in [2.05, 4.69) is 25.6 Å². The van der Waals surface area contributed by atoms with E-state index >= 15 is 0 Å². The number of aromatic nitrogens is 3. The second-order valence-corrected chi connectivity index (χ2v) is 11.1. The van der Waals surface area contributed by atoms with Crippen molar-refractivity contribution >= 4 is 51.2 Å².